The molecule has 0 unspecified atom stereocenters. The van der Waals surface area contributed by atoms with Crippen molar-refractivity contribution in [2.45, 2.75) is 17.6 Å². The first-order valence-electron chi connectivity index (χ1n) is 7.32. The smallest absolute Gasteiger partial charge is 0.231 e. The molecular formula is C18H16O4S. The van der Waals surface area contributed by atoms with E-state index in [4.69, 9.17) is 18.6 Å². The highest BCUT2D eigenvalue weighted by Crippen LogP contribution is 2.37. The molecule has 1 aliphatic rings. The van der Waals surface area contributed by atoms with Gasteiger partial charge in [-0.05, 0) is 48.9 Å². The molecule has 1 aromatic heterocycles. The topological polar surface area (TPSA) is 40.8 Å². The molecule has 23 heavy (non-hydrogen) atoms. The van der Waals surface area contributed by atoms with Crippen molar-refractivity contribution in [1.29, 1.82) is 0 Å². The van der Waals surface area contributed by atoms with E-state index >= 15 is 0 Å². The minimum Gasteiger partial charge on any atom is -0.493 e. The lowest BCUT2D eigenvalue weighted by Gasteiger charge is -2.06. The monoisotopic (exact) mass is 328 g/mol. The molecule has 3 aromatic rings. The van der Waals surface area contributed by atoms with E-state index in [1.165, 1.54) is 5.56 Å². The molecule has 4 nitrogen and oxygen atoms in total. The van der Waals surface area contributed by atoms with Crippen molar-refractivity contribution in [3.05, 3.63) is 47.7 Å². The minimum absolute atomic E-state index is 0.303. The average Bonchev–Trinajstić information content (AvgIpc) is 3.16. The Balaban J connectivity index is 1.58. The Morgan fingerprint density at radius 3 is 2.83 bits per heavy atom. The van der Waals surface area contributed by atoms with Gasteiger partial charge in [0.05, 0.1) is 7.11 Å². The molecule has 4 rings (SSSR count). The quantitative estimate of drug-likeness (QED) is 0.645. The summed E-state index contributed by atoms with van der Waals surface area (Å²) in [5, 5.41) is 1.07. The maximum Gasteiger partial charge on any atom is 0.231 e. The van der Waals surface area contributed by atoms with Gasteiger partial charge in [0.2, 0.25) is 6.79 Å². The number of benzene rings is 2. The van der Waals surface area contributed by atoms with Gasteiger partial charge in [0.1, 0.15) is 5.76 Å². The first-order valence-corrected chi connectivity index (χ1v) is 8.31. The number of fused-ring (bicyclic) bond motifs is 2. The molecule has 118 valence electrons. The largest absolute Gasteiger partial charge is 0.493 e. The maximum atomic E-state index is 5.70. The fraction of sp³-hybridized carbons (Fsp3) is 0.222. The third-order valence-corrected chi connectivity index (χ3v) is 4.80. The Bertz CT molecular complexity index is 869. The van der Waals surface area contributed by atoms with Crippen LogP contribution in [0.1, 0.15) is 11.3 Å². The molecule has 2 heterocycles. The molecule has 0 bridgehead atoms. The van der Waals surface area contributed by atoms with E-state index in [-0.39, 0.29) is 0 Å². The third kappa shape index (κ3) is 2.72. The van der Waals surface area contributed by atoms with Crippen LogP contribution in [-0.2, 0) is 5.75 Å². The van der Waals surface area contributed by atoms with Crippen molar-refractivity contribution in [3.63, 3.8) is 0 Å². The lowest BCUT2D eigenvalue weighted by Crippen LogP contribution is -1.92. The summed E-state index contributed by atoms with van der Waals surface area (Å²) in [6.07, 6.45) is 0. The van der Waals surface area contributed by atoms with Gasteiger partial charge in [-0.2, -0.15) is 0 Å². The first-order chi connectivity index (χ1) is 11.2. The fourth-order valence-corrected chi connectivity index (χ4v) is 3.53. The highest BCUT2D eigenvalue weighted by Gasteiger charge is 2.14. The molecule has 0 aliphatic carbocycles. The molecule has 2 aromatic carbocycles. The van der Waals surface area contributed by atoms with Gasteiger partial charge in [0.15, 0.2) is 22.8 Å². The van der Waals surface area contributed by atoms with Crippen LogP contribution in [0.15, 0.2) is 45.7 Å². The van der Waals surface area contributed by atoms with E-state index in [1.54, 1.807) is 18.9 Å². The van der Waals surface area contributed by atoms with Gasteiger partial charge in [-0.3, -0.25) is 0 Å². The van der Waals surface area contributed by atoms with Crippen LogP contribution in [0, 0.1) is 6.92 Å². The van der Waals surface area contributed by atoms with Crippen molar-refractivity contribution in [2.24, 2.45) is 0 Å². The number of methoxy groups -OCH3 is 1. The van der Waals surface area contributed by atoms with Crippen LogP contribution in [0.2, 0.25) is 0 Å². The zero-order valence-corrected chi connectivity index (χ0v) is 13.7. The number of rotatable bonds is 4. The predicted octanol–water partition coefficient (Wildman–Crippen LogP) is 4.77. The zero-order chi connectivity index (χ0) is 15.8. The zero-order valence-electron chi connectivity index (χ0n) is 12.9. The van der Waals surface area contributed by atoms with Gasteiger partial charge in [-0.1, -0.05) is 0 Å². The fourth-order valence-electron chi connectivity index (χ4n) is 2.68. The van der Waals surface area contributed by atoms with Crippen LogP contribution in [0.5, 0.6) is 17.2 Å². The summed E-state index contributed by atoms with van der Waals surface area (Å²) in [4.78, 5) is 1.15. The SMILES string of the molecule is COc1cc(CSc2ccc3c(c2)OCO3)cc2cc(C)oc12. The molecular weight excluding hydrogens is 312 g/mol. The number of ether oxygens (including phenoxy) is 3. The Kier molecular flexibility index (Phi) is 3.58. The summed E-state index contributed by atoms with van der Waals surface area (Å²) in [5.74, 6) is 4.13. The van der Waals surface area contributed by atoms with Crippen LogP contribution < -0.4 is 14.2 Å². The summed E-state index contributed by atoms with van der Waals surface area (Å²) in [6, 6.07) is 12.2. The number of hydrogen-bond donors (Lipinski definition) is 0. The van der Waals surface area contributed by atoms with Crippen LogP contribution in [0.4, 0.5) is 0 Å². The minimum atomic E-state index is 0.303. The van der Waals surface area contributed by atoms with Gasteiger partial charge in [-0.25, -0.2) is 0 Å². The van der Waals surface area contributed by atoms with E-state index < -0.39 is 0 Å². The Hall–Kier alpha value is -2.27. The second-order valence-electron chi connectivity index (χ2n) is 5.38. The summed E-state index contributed by atoms with van der Waals surface area (Å²) in [6.45, 7) is 2.25. The molecule has 0 saturated heterocycles. The first kappa shape index (κ1) is 14.3. The normalized spacial score (nSPS) is 12.8. The number of aryl methyl sites for hydroxylation is 1. The number of furan rings is 1. The van der Waals surface area contributed by atoms with Gasteiger partial charge in [0.25, 0.3) is 0 Å². The highest BCUT2D eigenvalue weighted by molar-refractivity contribution is 7.98. The van der Waals surface area contributed by atoms with Crippen molar-refractivity contribution in [3.8, 4) is 17.2 Å². The molecule has 0 N–H and O–H groups in total. The summed E-state index contributed by atoms with van der Waals surface area (Å²) in [5.41, 5.74) is 2.00. The van der Waals surface area contributed by atoms with Gasteiger partial charge < -0.3 is 18.6 Å². The molecule has 1 aliphatic heterocycles. The highest BCUT2D eigenvalue weighted by atomic mass is 32.2. The van der Waals surface area contributed by atoms with Crippen molar-refractivity contribution >= 4 is 22.7 Å². The van der Waals surface area contributed by atoms with E-state index in [9.17, 15) is 0 Å². The lowest BCUT2D eigenvalue weighted by atomic mass is 10.1. The van der Waals surface area contributed by atoms with Crippen LogP contribution >= 0.6 is 11.8 Å². The summed E-state index contributed by atoms with van der Waals surface area (Å²) >= 11 is 1.75. The van der Waals surface area contributed by atoms with E-state index in [0.29, 0.717) is 6.79 Å². The van der Waals surface area contributed by atoms with Crippen molar-refractivity contribution < 1.29 is 18.6 Å². The average molecular weight is 328 g/mol. The van der Waals surface area contributed by atoms with Crippen LogP contribution in [-0.4, -0.2) is 13.9 Å². The van der Waals surface area contributed by atoms with E-state index in [0.717, 1.165) is 44.6 Å². The Morgan fingerprint density at radius 1 is 1.09 bits per heavy atom. The number of thioether (sulfide) groups is 1. The van der Waals surface area contributed by atoms with Crippen molar-refractivity contribution in [2.75, 3.05) is 13.9 Å². The molecule has 0 radical (unpaired) electrons. The molecule has 0 spiro atoms. The standard InChI is InChI=1S/C18H16O4S/c1-11-5-13-6-12(7-17(19-2)18(13)22-11)9-23-14-3-4-15-16(8-14)21-10-20-15/h3-8H,9-10H2,1-2H3. The van der Waals surface area contributed by atoms with Gasteiger partial charge in [-0.15, -0.1) is 11.8 Å². The number of hydrogen-bond acceptors (Lipinski definition) is 5. The van der Waals surface area contributed by atoms with E-state index in [1.807, 2.05) is 31.2 Å². The predicted molar refractivity (Wildman–Crippen MR) is 89.6 cm³/mol. The molecule has 5 heteroatoms. The second-order valence-corrected chi connectivity index (χ2v) is 6.43. The Labute approximate surface area is 138 Å². The van der Waals surface area contributed by atoms with Crippen LogP contribution in [0.25, 0.3) is 11.0 Å². The van der Waals surface area contributed by atoms with Gasteiger partial charge >= 0.3 is 0 Å². The van der Waals surface area contributed by atoms with Gasteiger partial charge in [0, 0.05) is 16.0 Å². The Morgan fingerprint density at radius 2 is 1.96 bits per heavy atom. The molecule has 0 amide bonds. The summed E-state index contributed by atoms with van der Waals surface area (Å²) in [7, 11) is 1.67. The lowest BCUT2D eigenvalue weighted by molar-refractivity contribution is 0.174. The molecule has 0 saturated carbocycles. The van der Waals surface area contributed by atoms with Crippen LogP contribution in [0.3, 0.4) is 0 Å². The maximum absolute atomic E-state index is 5.70. The molecule has 0 fully saturated rings. The van der Waals surface area contributed by atoms with E-state index in [2.05, 4.69) is 12.1 Å². The molecule has 0 atom stereocenters. The second kappa shape index (κ2) is 5.74. The summed E-state index contributed by atoms with van der Waals surface area (Å²) < 4.78 is 21.9. The third-order valence-electron chi connectivity index (χ3n) is 3.73. The van der Waals surface area contributed by atoms with Crippen molar-refractivity contribution in [1.82, 2.24) is 0 Å².